The Morgan fingerprint density at radius 2 is 1.92 bits per heavy atom. The fourth-order valence-corrected chi connectivity index (χ4v) is 1.16. The third-order valence-corrected chi connectivity index (χ3v) is 1.85. The Hall–Kier alpha value is -1.19. The van der Waals surface area contributed by atoms with E-state index in [0.29, 0.717) is 13.1 Å². The van der Waals surface area contributed by atoms with Gasteiger partial charge in [-0.1, -0.05) is 0 Å². The van der Waals surface area contributed by atoms with Gasteiger partial charge in [0.05, 0.1) is 6.20 Å². The van der Waals surface area contributed by atoms with Gasteiger partial charge in [0.1, 0.15) is 5.82 Å². The second-order valence-electron chi connectivity index (χ2n) is 2.63. The molecule has 1 aromatic rings. The molecule has 0 spiro atoms. The highest BCUT2D eigenvalue weighted by Gasteiger charge is 2.10. The van der Waals surface area contributed by atoms with Crippen LogP contribution >= 0.6 is 0 Å². The molecule has 0 N–H and O–H groups in total. The molecule has 0 atom stereocenters. The molecule has 13 heavy (non-hydrogen) atoms. The quantitative estimate of drug-likeness (QED) is 0.719. The van der Waals surface area contributed by atoms with Crippen LogP contribution in [0.3, 0.4) is 0 Å². The third-order valence-electron chi connectivity index (χ3n) is 1.85. The van der Waals surface area contributed by atoms with E-state index in [-0.39, 0.29) is 5.82 Å². The molecular weight excluding hydrogens is 174 g/mol. The minimum absolute atomic E-state index is 0.214. The van der Waals surface area contributed by atoms with Crippen molar-refractivity contribution >= 4 is 5.82 Å². The van der Waals surface area contributed by atoms with E-state index in [1.54, 1.807) is 4.90 Å². The first-order valence-electron chi connectivity index (χ1n) is 4.25. The van der Waals surface area contributed by atoms with Crippen molar-refractivity contribution in [2.24, 2.45) is 0 Å². The van der Waals surface area contributed by atoms with Crippen molar-refractivity contribution < 1.29 is 8.78 Å². The second-order valence-corrected chi connectivity index (χ2v) is 2.63. The van der Waals surface area contributed by atoms with Crippen molar-refractivity contribution in [1.29, 1.82) is 0 Å². The summed E-state index contributed by atoms with van der Waals surface area (Å²) in [4.78, 5) is 5.43. The van der Waals surface area contributed by atoms with Crippen LogP contribution < -0.4 is 4.90 Å². The maximum Gasteiger partial charge on any atom is 0.168 e. The van der Waals surface area contributed by atoms with Gasteiger partial charge in [-0.3, -0.25) is 0 Å². The SMILES string of the molecule is CCN(CC)c1ncc(F)cc1F. The zero-order valence-electron chi connectivity index (χ0n) is 7.72. The van der Waals surface area contributed by atoms with E-state index in [4.69, 9.17) is 0 Å². The summed E-state index contributed by atoms with van der Waals surface area (Å²) in [6.07, 6.45) is 1.02. The minimum Gasteiger partial charge on any atom is -0.355 e. The summed E-state index contributed by atoms with van der Waals surface area (Å²) in [5.41, 5.74) is 0. The molecule has 0 fully saturated rings. The van der Waals surface area contributed by atoms with Crippen LogP contribution in [0.15, 0.2) is 12.3 Å². The molecule has 0 unspecified atom stereocenters. The van der Waals surface area contributed by atoms with Crippen molar-refractivity contribution in [2.45, 2.75) is 13.8 Å². The van der Waals surface area contributed by atoms with Crippen molar-refractivity contribution in [1.82, 2.24) is 4.98 Å². The smallest absolute Gasteiger partial charge is 0.168 e. The Morgan fingerprint density at radius 3 is 2.38 bits per heavy atom. The number of anilines is 1. The van der Waals surface area contributed by atoms with Gasteiger partial charge >= 0.3 is 0 Å². The summed E-state index contributed by atoms with van der Waals surface area (Å²) < 4.78 is 25.6. The van der Waals surface area contributed by atoms with Crippen molar-refractivity contribution in [3.8, 4) is 0 Å². The summed E-state index contributed by atoms with van der Waals surface area (Å²) in [6.45, 7) is 5.11. The van der Waals surface area contributed by atoms with Gasteiger partial charge in [-0.2, -0.15) is 0 Å². The zero-order chi connectivity index (χ0) is 9.84. The first kappa shape index (κ1) is 9.89. The zero-order valence-corrected chi connectivity index (χ0v) is 7.72. The van der Waals surface area contributed by atoms with E-state index >= 15 is 0 Å². The van der Waals surface area contributed by atoms with Crippen LogP contribution in [0, 0.1) is 11.6 Å². The minimum atomic E-state index is -0.645. The number of nitrogens with zero attached hydrogens (tertiary/aromatic N) is 2. The van der Waals surface area contributed by atoms with Gasteiger partial charge in [-0.25, -0.2) is 13.8 Å². The van der Waals surface area contributed by atoms with Crippen molar-refractivity contribution in [3.63, 3.8) is 0 Å². The molecular formula is C9H12F2N2. The van der Waals surface area contributed by atoms with Crippen LogP contribution in [0.25, 0.3) is 0 Å². The van der Waals surface area contributed by atoms with Gasteiger partial charge in [0.15, 0.2) is 11.6 Å². The van der Waals surface area contributed by atoms with Crippen molar-refractivity contribution in [3.05, 3.63) is 23.9 Å². The van der Waals surface area contributed by atoms with E-state index in [1.807, 2.05) is 13.8 Å². The van der Waals surface area contributed by atoms with Gasteiger partial charge in [0, 0.05) is 19.2 Å². The van der Waals surface area contributed by atoms with E-state index < -0.39 is 11.6 Å². The number of halogens is 2. The molecule has 0 saturated carbocycles. The molecule has 0 aromatic carbocycles. The fourth-order valence-electron chi connectivity index (χ4n) is 1.16. The molecule has 1 rings (SSSR count). The molecule has 0 aliphatic rings. The summed E-state index contributed by atoms with van der Waals surface area (Å²) in [7, 11) is 0. The molecule has 0 aliphatic heterocycles. The average Bonchev–Trinajstić information content (AvgIpc) is 2.10. The lowest BCUT2D eigenvalue weighted by atomic mass is 10.4. The van der Waals surface area contributed by atoms with Crippen LogP contribution in [-0.2, 0) is 0 Å². The molecule has 0 bridgehead atoms. The first-order chi connectivity index (χ1) is 6.19. The van der Waals surface area contributed by atoms with Crippen LogP contribution in [0.1, 0.15) is 13.8 Å². The van der Waals surface area contributed by atoms with Crippen LogP contribution in [0.2, 0.25) is 0 Å². The van der Waals surface area contributed by atoms with Gasteiger partial charge in [-0.15, -0.1) is 0 Å². The highest BCUT2D eigenvalue weighted by Crippen LogP contribution is 2.15. The van der Waals surface area contributed by atoms with Gasteiger partial charge in [-0.05, 0) is 13.8 Å². The number of aromatic nitrogens is 1. The lowest BCUT2D eigenvalue weighted by Gasteiger charge is -2.19. The largest absolute Gasteiger partial charge is 0.355 e. The summed E-state index contributed by atoms with van der Waals surface area (Å²) >= 11 is 0. The van der Waals surface area contributed by atoms with E-state index in [2.05, 4.69) is 4.98 Å². The molecule has 72 valence electrons. The maximum atomic E-state index is 13.1. The fraction of sp³-hybridized carbons (Fsp3) is 0.444. The highest BCUT2D eigenvalue weighted by atomic mass is 19.1. The summed E-state index contributed by atoms with van der Waals surface area (Å²) in [5, 5.41) is 0. The van der Waals surface area contributed by atoms with Gasteiger partial charge in [0.25, 0.3) is 0 Å². The number of rotatable bonds is 3. The molecule has 1 aromatic heterocycles. The monoisotopic (exact) mass is 186 g/mol. The summed E-state index contributed by atoms with van der Waals surface area (Å²) in [5.74, 6) is -1.04. The Balaban J connectivity index is 2.99. The normalized spacial score (nSPS) is 10.2. The molecule has 2 nitrogen and oxygen atoms in total. The molecule has 0 saturated heterocycles. The molecule has 0 aliphatic carbocycles. The number of pyridine rings is 1. The molecule has 0 amide bonds. The van der Waals surface area contributed by atoms with E-state index in [1.165, 1.54) is 0 Å². The summed E-state index contributed by atoms with van der Waals surface area (Å²) in [6, 6.07) is 0.848. The molecule has 1 heterocycles. The van der Waals surface area contributed by atoms with Gasteiger partial charge < -0.3 is 4.90 Å². The van der Waals surface area contributed by atoms with Crippen LogP contribution in [-0.4, -0.2) is 18.1 Å². The highest BCUT2D eigenvalue weighted by molar-refractivity contribution is 5.39. The third kappa shape index (κ3) is 2.14. The first-order valence-corrected chi connectivity index (χ1v) is 4.25. The molecule has 4 heteroatoms. The maximum absolute atomic E-state index is 13.1. The lowest BCUT2D eigenvalue weighted by molar-refractivity contribution is 0.568. The van der Waals surface area contributed by atoms with E-state index in [0.717, 1.165) is 12.3 Å². The second kappa shape index (κ2) is 4.16. The Labute approximate surface area is 76.2 Å². The Morgan fingerprint density at radius 1 is 1.31 bits per heavy atom. The van der Waals surface area contributed by atoms with Crippen LogP contribution in [0.4, 0.5) is 14.6 Å². The van der Waals surface area contributed by atoms with Crippen molar-refractivity contribution in [2.75, 3.05) is 18.0 Å². The Bertz CT molecular complexity index is 285. The average molecular weight is 186 g/mol. The van der Waals surface area contributed by atoms with Gasteiger partial charge in [0.2, 0.25) is 0 Å². The predicted molar refractivity (Wildman–Crippen MR) is 47.7 cm³/mol. The topological polar surface area (TPSA) is 16.1 Å². The number of hydrogen-bond donors (Lipinski definition) is 0. The van der Waals surface area contributed by atoms with Crippen LogP contribution in [0.5, 0.6) is 0 Å². The standard InChI is InChI=1S/C9H12F2N2/c1-3-13(4-2)9-8(11)5-7(10)6-12-9/h5-6H,3-4H2,1-2H3. The lowest BCUT2D eigenvalue weighted by Crippen LogP contribution is -2.24. The predicted octanol–water partition coefficient (Wildman–Crippen LogP) is 2.21. The molecule has 0 radical (unpaired) electrons. The Kier molecular flexibility index (Phi) is 3.17. The van der Waals surface area contributed by atoms with E-state index in [9.17, 15) is 8.78 Å². The number of hydrogen-bond acceptors (Lipinski definition) is 2.